The summed E-state index contributed by atoms with van der Waals surface area (Å²) in [6.45, 7) is 13.6. The van der Waals surface area contributed by atoms with Crippen LogP contribution in [0.5, 0.6) is 0 Å². The van der Waals surface area contributed by atoms with Crippen LogP contribution in [0, 0.1) is 0 Å². The molecule has 1 aliphatic heterocycles. The van der Waals surface area contributed by atoms with Crippen LogP contribution in [-0.4, -0.2) is 62.2 Å². The second-order valence-electron chi connectivity index (χ2n) is 8.78. The number of piperazine rings is 1. The Balaban J connectivity index is 1.72. The van der Waals surface area contributed by atoms with E-state index in [9.17, 15) is 0 Å². The van der Waals surface area contributed by atoms with E-state index in [1.807, 2.05) is 0 Å². The molecule has 1 saturated carbocycles. The SMILES string of the molecule is CCCCC(c1nnnn1C(C)(C)CC)N1CCN(C2CCCC2)CC1. The second-order valence-corrected chi connectivity index (χ2v) is 8.78. The van der Waals surface area contributed by atoms with Gasteiger partial charge in [-0.15, -0.1) is 5.10 Å². The van der Waals surface area contributed by atoms with E-state index in [1.165, 1.54) is 51.6 Å². The summed E-state index contributed by atoms with van der Waals surface area (Å²) in [6.07, 6.45) is 10.3. The summed E-state index contributed by atoms with van der Waals surface area (Å²) in [5, 5.41) is 12.9. The first-order valence-electron chi connectivity index (χ1n) is 10.8. The monoisotopic (exact) mass is 362 g/mol. The van der Waals surface area contributed by atoms with Gasteiger partial charge in [0, 0.05) is 32.2 Å². The first-order valence-corrected chi connectivity index (χ1v) is 10.8. The van der Waals surface area contributed by atoms with Gasteiger partial charge in [0.1, 0.15) is 0 Å². The van der Waals surface area contributed by atoms with Gasteiger partial charge in [0.25, 0.3) is 0 Å². The third kappa shape index (κ3) is 4.28. The van der Waals surface area contributed by atoms with Gasteiger partial charge in [-0.3, -0.25) is 9.80 Å². The highest BCUT2D eigenvalue weighted by atomic mass is 15.6. The van der Waals surface area contributed by atoms with Gasteiger partial charge in [-0.2, -0.15) is 0 Å². The Morgan fingerprint density at radius 3 is 2.38 bits per heavy atom. The zero-order chi connectivity index (χ0) is 18.6. The summed E-state index contributed by atoms with van der Waals surface area (Å²) < 4.78 is 2.09. The molecule has 1 unspecified atom stereocenters. The summed E-state index contributed by atoms with van der Waals surface area (Å²) >= 11 is 0. The number of rotatable bonds is 8. The van der Waals surface area contributed by atoms with Crippen molar-refractivity contribution in [2.75, 3.05) is 26.2 Å². The zero-order valence-corrected chi connectivity index (χ0v) is 17.3. The Labute approximate surface area is 159 Å². The van der Waals surface area contributed by atoms with E-state index < -0.39 is 0 Å². The molecule has 0 N–H and O–H groups in total. The number of aromatic nitrogens is 4. The van der Waals surface area contributed by atoms with E-state index in [1.54, 1.807) is 0 Å². The lowest BCUT2D eigenvalue weighted by Crippen LogP contribution is -2.51. The van der Waals surface area contributed by atoms with E-state index in [2.05, 4.69) is 57.7 Å². The predicted molar refractivity (Wildman–Crippen MR) is 105 cm³/mol. The van der Waals surface area contributed by atoms with Crippen molar-refractivity contribution in [1.29, 1.82) is 0 Å². The van der Waals surface area contributed by atoms with Gasteiger partial charge in [-0.1, -0.05) is 39.5 Å². The van der Waals surface area contributed by atoms with Gasteiger partial charge in [0.2, 0.25) is 0 Å². The first-order chi connectivity index (χ1) is 12.6. The van der Waals surface area contributed by atoms with Crippen molar-refractivity contribution in [3.05, 3.63) is 5.82 Å². The standard InChI is InChI=1S/C20H38N6/c1-5-7-12-18(19-21-22-23-26(19)20(3,4)6-2)25-15-13-24(14-16-25)17-10-8-9-11-17/h17-18H,5-16H2,1-4H3. The quantitative estimate of drug-likeness (QED) is 0.707. The third-order valence-corrected chi connectivity index (χ3v) is 6.69. The zero-order valence-electron chi connectivity index (χ0n) is 17.3. The number of hydrogen-bond acceptors (Lipinski definition) is 5. The lowest BCUT2D eigenvalue weighted by Gasteiger charge is -2.41. The number of unbranched alkanes of at least 4 members (excludes halogenated alkanes) is 1. The fraction of sp³-hybridized carbons (Fsp3) is 0.950. The minimum absolute atomic E-state index is 0.0328. The van der Waals surface area contributed by atoms with Crippen molar-refractivity contribution in [1.82, 2.24) is 30.0 Å². The first kappa shape index (κ1) is 19.7. The van der Waals surface area contributed by atoms with Crippen LogP contribution in [0.3, 0.4) is 0 Å². The summed E-state index contributed by atoms with van der Waals surface area (Å²) in [5.41, 5.74) is -0.0328. The molecular weight excluding hydrogens is 324 g/mol. The molecular formula is C20H38N6. The molecule has 1 aliphatic carbocycles. The van der Waals surface area contributed by atoms with Crippen LogP contribution in [0.2, 0.25) is 0 Å². The summed E-state index contributed by atoms with van der Waals surface area (Å²) in [7, 11) is 0. The topological polar surface area (TPSA) is 50.1 Å². The number of hydrogen-bond donors (Lipinski definition) is 0. The maximum Gasteiger partial charge on any atom is 0.168 e. The molecule has 0 amide bonds. The molecule has 1 aromatic heterocycles. The van der Waals surface area contributed by atoms with Crippen molar-refractivity contribution in [2.24, 2.45) is 0 Å². The molecule has 26 heavy (non-hydrogen) atoms. The molecule has 6 nitrogen and oxygen atoms in total. The molecule has 6 heteroatoms. The molecule has 2 aliphatic rings. The van der Waals surface area contributed by atoms with E-state index in [0.29, 0.717) is 6.04 Å². The van der Waals surface area contributed by atoms with E-state index in [0.717, 1.165) is 37.8 Å². The van der Waals surface area contributed by atoms with Crippen LogP contribution in [-0.2, 0) is 5.54 Å². The maximum absolute atomic E-state index is 4.50. The average molecular weight is 363 g/mol. The Morgan fingerprint density at radius 2 is 1.77 bits per heavy atom. The number of tetrazole rings is 1. The predicted octanol–water partition coefficient (Wildman–Crippen LogP) is 3.61. The van der Waals surface area contributed by atoms with Crippen LogP contribution in [0.15, 0.2) is 0 Å². The molecule has 1 atom stereocenters. The van der Waals surface area contributed by atoms with Crippen molar-refractivity contribution in [3.8, 4) is 0 Å². The fourth-order valence-electron chi connectivity index (χ4n) is 4.54. The lowest BCUT2D eigenvalue weighted by atomic mass is 10.00. The second kappa shape index (κ2) is 8.79. The fourth-order valence-corrected chi connectivity index (χ4v) is 4.54. The van der Waals surface area contributed by atoms with Crippen LogP contribution in [0.25, 0.3) is 0 Å². The largest absolute Gasteiger partial charge is 0.298 e. The van der Waals surface area contributed by atoms with Gasteiger partial charge in [0.05, 0.1) is 11.6 Å². The smallest absolute Gasteiger partial charge is 0.168 e. The van der Waals surface area contributed by atoms with Gasteiger partial charge in [-0.05, 0) is 50.0 Å². The maximum atomic E-state index is 4.50. The Hall–Kier alpha value is -1.01. The van der Waals surface area contributed by atoms with Crippen LogP contribution >= 0.6 is 0 Å². The van der Waals surface area contributed by atoms with Crippen LogP contribution < -0.4 is 0 Å². The molecule has 0 radical (unpaired) electrons. The minimum atomic E-state index is -0.0328. The minimum Gasteiger partial charge on any atom is -0.298 e. The Kier molecular flexibility index (Phi) is 6.67. The highest BCUT2D eigenvalue weighted by Crippen LogP contribution is 2.31. The van der Waals surface area contributed by atoms with E-state index >= 15 is 0 Å². The van der Waals surface area contributed by atoms with Crippen molar-refractivity contribution in [3.63, 3.8) is 0 Å². The lowest BCUT2D eigenvalue weighted by molar-refractivity contribution is 0.0599. The Morgan fingerprint density at radius 1 is 1.08 bits per heavy atom. The average Bonchev–Trinajstić information content (AvgIpc) is 3.35. The van der Waals surface area contributed by atoms with E-state index in [4.69, 9.17) is 0 Å². The molecule has 2 heterocycles. The van der Waals surface area contributed by atoms with Gasteiger partial charge in [0.15, 0.2) is 5.82 Å². The summed E-state index contributed by atoms with van der Waals surface area (Å²) in [5.74, 6) is 1.07. The van der Waals surface area contributed by atoms with Crippen molar-refractivity contribution < 1.29 is 0 Å². The van der Waals surface area contributed by atoms with Crippen molar-refractivity contribution in [2.45, 2.75) is 96.7 Å². The third-order valence-electron chi connectivity index (χ3n) is 6.69. The molecule has 0 bridgehead atoms. The van der Waals surface area contributed by atoms with Gasteiger partial charge >= 0.3 is 0 Å². The molecule has 0 spiro atoms. The molecule has 148 valence electrons. The summed E-state index contributed by atoms with van der Waals surface area (Å²) in [4.78, 5) is 5.38. The molecule has 0 aromatic carbocycles. The molecule has 3 rings (SSSR count). The van der Waals surface area contributed by atoms with Crippen molar-refractivity contribution >= 4 is 0 Å². The van der Waals surface area contributed by atoms with E-state index in [-0.39, 0.29) is 5.54 Å². The van der Waals surface area contributed by atoms with Crippen LogP contribution in [0.1, 0.15) is 90.9 Å². The molecule has 1 aromatic rings. The number of nitrogens with zero attached hydrogens (tertiary/aromatic N) is 6. The van der Waals surface area contributed by atoms with Crippen LogP contribution in [0.4, 0.5) is 0 Å². The molecule has 2 fully saturated rings. The Bertz CT molecular complexity index is 540. The van der Waals surface area contributed by atoms with Gasteiger partial charge in [-0.25, -0.2) is 4.68 Å². The normalized spacial score (nSPS) is 22.2. The van der Waals surface area contributed by atoms with Gasteiger partial charge < -0.3 is 0 Å². The molecule has 1 saturated heterocycles. The highest BCUT2D eigenvalue weighted by Gasteiger charge is 2.34. The summed E-state index contributed by atoms with van der Waals surface area (Å²) in [6, 6.07) is 1.19. The highest BCUT2D eigenvalue weighted by molar-refractivity contribution is 4.99.